The molecule has 0 aromatic carbocycles. The molecule has 2 aliphatic rings. The maximum Gasteiger partial charge on any atom is 0.224 e. The molecule has 15 heavy (non-hydrogen) atoms. The van der Waals surface area contributed by atoms with Crippen molar-refractivity contribution in [1.29, 1.82) is 0 Å². The van der Waals surface area contributed by atoms with Crippen LogP contribution in [0.5, 0.6) is 0 Å². The lowest BCUT2D eigenvalue weighted by molar-refractivity contribution is -0.125. The zero-order valence-electron chi connectivity index (χ0n) is 9.37. The summed E-state index contributed by atoms with van der Waals surface area (Å²) in [5.74, 6) is 1.04. The van der Waals surface area contributed by atoms with Gasteiger partial charge in [-0.15, -0.1) is 0 Å². The minimum atomic E-state index is 0.0752. The summed E-state index contributed by atoms with van der Waals surface area (Å²) < 4.78 is 0. The fourth-order valence-electron chi connectivity index (χ4n) is 2.36. The number of amides is 1. The first-order valence-electron chi connectivity index (χ1n) is 6.30. The van der Waals surface area contributed by atoms with Crippen LogP contribution in [0, 0.1) is 11.8 Å². The van der Waals surface area contributed by atoms with Crippen LogP contribution in [0.3, 0.4) is 0 Å². The van der Waals surface area contributed by atoms with Gasteiger partial charge in [0, 0.05) is 12.6 Å². The van der Waals surface area contributed by atoms with Crippen molar-refractivity contribution in [2.24, 2.45) is 17.6 Å². The number of hydrogen-bond acceptors (Lipinski definition) is 2. The van der Waals surface area contributed by atoms with Crippen molar-refractivity contribution in [2.45, 2.75) is 51.0 Å². The molecule has 0 bridgehead atoms. The second kappa shape index (κ2) is 4.97. The summed E-state index contributed by atoms with van der Waals surface area (Å²) in [6, 6.07) is 0.0895. The van der Waals surface area contributed by atoms with Crippen molar-refractivity contribution in [2.75, 3.05) is 6.54 Å². The van der Waals surface area contributed by atoms with E-state index in [0.717, 1.165) is 31.7 Å². The van der Waals surface area contributed by atoms with E-state index in [4.69, 9.17) is 5.73 Å². The molecule has 2 atom stereocenters. The third-order valence-corrected chi connectivity index (χ3v) is 3.67. The molecular weight excluding hydrogens is 188 g/mol. The van der Waals surface area contributed by atoms with Crippen LogP contribution in [-0.4, -0.2) is 18.5 Å². The highest BCUT2D eigenvalue weighted by atomic mass is 16.1. The molecule has 2 aliphatic carbocycles. The summed E-state index contributed by atoms with van der Waals surface area (Å²) in [5.41, 5.74) is 6.04. The molecule has 0 saturated heterocycles. The zero-order valence-corrected chi connectivity index (χ0v) is 9.37. The van der Waals surface area contributed by atoms with Crippen molar-refractivity contribution in [3.05, 3.63) is 0 Å². The van der Waals surface area contributed by atoms with E-state index >= 15 is 0 Å². The molecule has 2 saturated carbocycles. The molecule has 3 nitrogen and oxygen atoms in total. The third-order valence-electron chi connectivity index (χ3n) is 3.67. The molecular formula is C12H22N2O. The molecule has 0 spiro atoms. The number of carbonyl (C=O) groups excluding carboxylic acids is 1. The first kappa shape index (κ1) is 10.9. The Balaban J connectivity index is 1.79. The number of nitrogens with one attached hydrogen (secondary N) is 1. The Kier molecular flexibility index (Phi) is 3.62. The highest BCUT2D eigenvalue weighted by Crippen LogP contribution is 2.28. The fourth-order valence-corrected chi connectivity index (χ4v) is 2.36. The smallest absolute Gasteiger partial charge is 0.224 e. The molecule has 0 heterocycles. The molecule has 0 aliphatic heterocycles. The van der Waals surface area contributed by atoms with E-state index in [2.05, 4.69) is 5.32 Å². The lowest BCUT2D eigenvalue weighted by atomic mass is 9.94. The maximum absolute atomic E-state index is 11.9. The minimum absolute atomic E-state index is 0.0752. The van der Waals surface area contributed by atoms with Gasteiger partial charge in [-0.05, 0) is 31.6 Å². The van der Waals surface area contributed by atoms with Crippen molar-refractivity contribution in [1.82, 2.24) is 5.32 Å². The van der Waals surface area contributed by atoms with Crippen molar-refractivity contribution < 1.29 is 4.79 Å². The largest absolute Gasteiger partial charge is 0.356 e. The molecule has 0 aromatic heterocycles. The fraction of sp³-hybridized carbons (Fsp3) is 0.917. The van der Waals surface area contributed by atoms with Gasteiger partial charge < -0.3 is 11.1 Å². The molecule has 0 aromatic rings. The highest BCUT2D eigenvalue weighted by molar-refractivity contribution is 5.79. The molecule has 1 amide bonds. The van der Waals surface area contributed by atoms with Gasteiger partial charge in [0.25, 0.3) is 0 Å². The summed E-state index contributed by atoms with van der Waals surface area (Å²) in [5, 5.41) is 3.05. The topological polar surface area (TPSA) is 55.1 Å². The molecule has 2 unspecified atom stereocenters. The Morgan fingerprint density at radius 2 is 1.87 bits per heavy atom. The summed E-state index contributed by atoms with van der Waals surface area (Å²) in [4.78, 5) is 11.9. The molecule has 3 N–H and O–H groups in total. The Bertz CT molecular complexity index is 226. The van der Waals surface area contributed by atoms with E-state index in [1.54, 1.807) is 0 Å². The van der Waals surface area contributed by atoms with Gasteiger partial charge in [-0.1, -0.05) is 19.3 Å². The normalized spacial score (nSPS) is 32.1. The first-order valence-corrected chi connectivity index (χ1v) is 6.30. The quantitative estimate of drug-likeness (QED) is 0.692. The van der Waals surface area contributed by atoms with Gasteiger partial charge in [-0.3, -0.25) is 4.79 Å². The number of carbonyl (C=O) groups is 1. The van der Waals surface area contributed by atoms with Crippen LogP contribution in [0.2, 0.25) is 0 Å². The number of nitrogens with two attached hydrogens (primary N) is 1. The van der Waals surface area contributed by atoms with Crippen LogP contribution in [-0.2, 0) is 4.79 Å². The Labute approximate surface area is 91.8 Å². The number of rotatable bonds is 3. The summed E-state index contributed by atoms with van der Waals surface area (Å²) in [7, 11) is 0. The minimum Gasteiger partial charge on any atom is -0.356 e. The van der Waals surface area contributed by atoms with E-state index in [1.165, 1.54) is 25.7 Å². The van der Waals surface area contributed by atoms with Gasteiger partial charge in [-0.25, -0.2) is 0 Å². The van der Waals surface area contributed by atoms with E-state index in [9.17, 15) is 4.79 Å². The highest BCUT2D eigenvalue weighted by Gasteiger charge is 2.28. The van der Waals surface area contributed by atoms with Crippen molar-refractivity contribution in [3.8, 4) is 0 Å². The molecule has 3 heteroatoms. The molecule has 2 rings (SSSR count). The van der Waals surface area contributed by atoms with Gasteiger partial charge in [0.15, 0.2) is 0 Å². The lowest BCUT2D eigenvalue weighted by Gasteiger charge is -2.20. The Hall–Kier alpha value is -0.570. The second-order valence-corrected chi connectivity index (χ2v) is 5.10. The van der Waals surface area contributed by atoms with Gasteiger partial charge in [0.05, 0.1) is 5.92 Å². The van der Waals surface area contributed by atoms with Gasteiger partial charge >= 0.3 is 0 Å². The standard InChI is InChI=1S/C12H22N2O/c13-11-5-3-1-2-4-10(11)12(15)14-8-9-6-7-9/h9-11H,1-8,13H2,(H,14,15). The van der Waals surface area contributed by atoms with Crippen molar-refractivity contribution in [3.63, 3.8) is 0 Å². The Morgan fingerprint density at radius 3 is 2.60 bits per heavy atom. The van der Waals surface area contributed by atoms with Gasteiger partial charge in [0.2, 0.25) is 5.91 Å². The average Bonchev–Trinajstić information content (AvgIpc) is 3.02. The van der Waals surface area contributed by atoms with Crippen LogP contribution in [0.15, 0.2) is 0 Å². The van der Waals surface area contributed by atoms with Gasteiger partial charge in [0.1, 0.15) is 0 Å². The third kappa shape index (κ3) is 3.20. The molecule has 0 radical (unpaired) electrons. The van der Waals surface area contributed by atoms with Crippen LogP contribution in [0.25, 0.3) is 0 Å². The summed E-state index contributed by atoms with van der Waals surface area (Å²) in [6.07, 6.45) is 8.16. The SMILES string of the molecule is NC1CCCCCC1C(=O)NCC1CC1. The van der Waals surface area contributed by atoms with Crippen LogP contribution in [0.1, 0.15) is 44.9 Å². The molecule has 2 fully saturated rings. The van der Waals surface area contributed by atoms with E-state index in [-0.39, 0.29) is 17.9 Å². The first-order chi connectivity index (χ1) is 7.27. The van der Waals surface area contributed by atoms with E-state index < -0.39 is 0 Å². The monoisotopic (exact) mass is 210 g/mol. The maximum atomic E-state index is 11.9. The summed E-state index contributed by atoms with van der Waals surface area (Å²) >= 11 is 0. The Morgan fingerprint density at radius 1 is 1.13 bits per heavy atom. The number of hydrogen-bond donors (Lipinski definition) is 2. The van der Waals surface area contributed by atoms with E-state index in [0.29, 0.717) is 0 Å². The second-order valence-electron chi connectivity index (χ2n) is 5.10. The van der Waals surface area contributed by atoms with Crippen LogP contribution in [0.4, 0.5) is 0 Å². The molecule has 86 valence electrons. The predicted octanol–water partition coefficient (Wildman–Crippen LogP) is 1.42. The van der Waals surface area contributed by atoms with Crippen LogP contribution < -0.4 is 11.1 Å². The predicted molar refractivity (Wildman–Crippen MR) is 60.3 cm³/mol. The van der Waals surface area contributed by atoms with Crippen molar-refractivity contribution >= 4 is 5.91 Å². The average molecular weight is 210 g/mol. The zero-order chi connectivity index (χ0) is 10.7. The van der Waals surface area contributed by atoms with Crippen LogP contribution >= 0.6 is 0 Å². The summed E-state index contributed by atoms with van der Waals surface area (Å²) in [6.45, 7) is 0.877. The van der Waals surface area contributed by atoms with Gasteiger partial charge in [-0.2, -0.15) is 0 Å². The van der Waals surface area contributed by atoms with E-state index in [1.807, 2.05) is 0 Å². The lowest BCUT2D eigenvalue weighted by Crippen LogP contribution is -2.41.